The Labute approximate surface area is 207 Å². The summed E-state index contributed by atoms with van der Waals surface area (Å²) in [5, 5.41) is 22.0. The van der Waals surface area contributed by atoms with Crippen LogP contribution in [0.1, 0.15) is 22.7 Å². The first-order valence-electron chi connectivity index (χ1n) is 11.0. The maximum atomic E-state index is 13.6. The zero-order valence-electron chi connectivity index (χ0n) is 19.2. The second-order valence-corrected chi connectivity index (χ2v) is 7.88. The van der Waals surface area contributed by atoms with Gasteiger partial charge in [-0.25, -0.2) is 4.39 Å². The second kappa shape index (κ2) is 12.1. The van der Waals surface area contributed by atoms with Crippen molar-refractivity contribution in [2.24, 2.45) is 5.92 Å². The molecule has 0 bridgehead atoms. The predicted octanol–water partition coefficient (Wildman–Crippen LogP) is 4.76. The van der Waals surface area contributed by atoms with Gasteiger partial charge in [0.2, 0.25) is 5.91 Å². The molecule has 0 heterocycles. The highest BCUT2D eigenvalue weighted by atomic mass is 19.1. The van der Waals surface area contributed by atoms with Crippen LogP contribution in [0.3, 0.4) is 0 Å². The van der Waals surface area contributed by atoms with Gasteiger partial charge in [0, 0.05) is 0 Å². The van der Waals surface area contributed by atoms with Crippen molar-refractivity contribution < 1.29 is 29.0 Å². The second-order valence-electron chi connectivity index (χ2n) is 7.88. The van der Waals surface area contributed by atoms with E-state index in [1.807, 2.05) is 0 Å². The molecule has 3 rings (SSSR count). The van der Waals surface area contributed by atoms with Gasteiger partial charge in [-0.15, -0.1) is 0 Å². The minimum absolute atomic E-state index is 0.00806. The number of hydrogen-bond acceptors (Lipinski definition) is 5. The van der Waals surface area contributed by atoms with E-state index in [4.69, 9.17) is 0 Å². The van der Waals surface area contributed by atoms with Crippen LogP contribution in [0.15, 0.2) is 97.6 Å². The van der Waals surface area contributed by atoms with E-state index in [9.17, 15) is 29.0 Å². The monoisotopic (exact) mass is 485 g/mol. The molecular formula is C29H24FNO5. The number of ketones is 2. The smallest absolute Gasteiger partial charge is 0.243 e. The van der Waals surface area contributed by atoms with E-state index in [1.54, 1.807) is 24.3 Å². The molecule has 0 radical (unpaired) electrons. The Bertz CT molecular complexity index is 1260. The van der Waals surface area contributed by atoms with Gasteiger partial charge in [0.1, 0.15) is 23.2 Å². The van der Waals surface area contributed by atoms with Gasteiger partial charge < -0.3 is 15.5 Å². The molecule has 6 nitrogen and oxygen atoms in total. The van der Waals surface area contributed by atoms with Crippen molar-refractivity contribution in [3.8, 4) is 11.5 Å². The molecule has 0 spiro atoms. The van der Waals surface area contributed by atoms with E-state index in [0.29, 0.717) is 16.7 Å². The molecule has 0 saturated carbocycles. The Morgan fingerprint density at radius 1 is 0.806 bits per heavy atom. The van der Waals surface area contributed by atoms with Crippen LogP contribution >= 0.6 is 0 Å². The third-order valence-electron chi connectivity index (χ3n) is 5.28. The van der Waals surface area contributed by atoms with Crippen LogP contribution in [-0.4, -0.2) is 27.7 Å². The normalized spacial score (nSPS) is 12.1. The highest BCUT2D eigenvalue weighted by Crippen LogP contribution is 2.27. The molecule has 0 aliphatic carbocycles. The maximum absolute atomic E-state index is 13.6. The number of nitrogens with one attached hydrogen (secondary N) is 1. The molecule has 36 heavy (non-hydrogen) atoms. The van der Waals surface area contributed by atoms with E-state index in [2.05, 4.69) is 11.9 Å². The van der Waals surface area contributed by atoms with Crippen molar-refractivity contribution in [1.82, 2.24) is 5.32 Å². The van der Waals surface area contributed by atoms with Gasteiger partial charge in [0.05, 0.1) is 6.04 Å². The van der Waals surface area contributed by atoms with Gasteiger partial charge in [-0.3, -0.25) is 14.4 Å². The van der Waals surface area contributed by atoms with Crippen LogP contribution in [0.4, 0.5) is 4.39 Å². The van der Waals surface area contributed by atoms with Crippen LogP contribution in [0.2, 0.25) is 0 Å². The Morgan fingerprint density at radius 2 is 1.31 bits per heavy atom. The van der Waals surface area contributed by atoms with Crippen LogP contribution in [0.5, 0.6) is 11.5 Å². The predicted molar refractivity (Wildman–Crippen MR) is 135 cm³/mol. The summed E-state index contributed by atoms with van der Waals surface area (Å²) in [6.45, 7) is 3.42. The van der Waals surface area contributed by atoms with E-state index in [0.717, 1.165) is 6.08 Å². The Morgan fingerprint density at radius 3 is 1.75 bits per heavy atom. The standard InChI is InChI=1S/C29H24FNO5/c1-2-27(36)31-29(21-11-13-22(30)14-12-21)28(25(34)15-9-19-5-3-7-23(32)17-19)26(35)16-10-20-6-4-8-24(33)18-20/h2-18,28-29,32-33H,1H2,(H,31,36)/b15-9+,16-10+. The molecule has 1 atom stereocenters. The van der Waals surface area contributed by atoms with Crippen molar-refractivity contribution >= 4 is 29.6 Å². The van der Waals surface area contributed by atoms with Crippen molar-refractivity contribution in [2.45, 2.75) is 6.04 Å². The Balaban J connectivity index is 2.03. The number of amides is 1. The third-order valence-corrected chi connectivity index (χ3v) is 5.28. The van der Waals surface area contributed by atoms with Crippen molar-refractivity contribution in [2.75, 3.05) is 0 Å². The topological polar surface area (TPSA) is 104 Å². The zero-order valence-corrected chi connectivity index (χ0v) is 19.2. The van der Waals surface area contributed by atoms with Gasteiger partial charge in [0.15, 0.2) is 11.6 Å². The number of aromatic hydroxyl groups is 2. The van der Waals surface area contributed by atoms with Crippen LogP contribution in [0, 0.1) is 11.7 Å². The van der Waals surface area contributed by atoms with E-state index in [1.165, 1.54) is 72.8 Å². The summed E-state index contributed by atoms with van der Waals surface area (Å²) in [5.41, 5.74) is 1.39. The largest absolute Gasteiger partial charge is 0.508 e. The maximum Gasteiger partial charge on any atom is 0.243 e. The lowest BCUT2D eigenvalue weighted by molar-refractivity contribution is -0.129. The highest BCUT2D eigenvalue weighted by Gasteiger charge is 2.34. The SMILES string of the molecule is C=CC(=O)NC(c1ccc(F)cc1)C(C(=O)/C=C/c1cccc(O)c1)C(=O)/C=C/c1cccc(O)c1. The molecule has 0 aliphatic heterocycles. The average Bonchev–Trinajstić information content (AvgIpc) is 2.86. The van der Waals surface area contributed by atoms with Crippen molar-refractivity contribution in [3.63, 3.8) is 0 Å². The molecular weight excluding hydrogens is 461 g/mol. The Hall–Kier alpha value is -4.78. The molecule has 182 valence electrons. The summed E-state index contributed by atoms with van der Waals surface area (Å²) in [7, 11) is 0. The number of phenolic OH excluding ortho intramolecular Hbond substituents is 2. The lowest BCUT2D eigenvalue weighted by Crippen LogP contribution is -2.39. The first-order valence-corrected chi connectivity index (χ1v) is 11.0. The quantitative estimate of drug-likeness (QED) is 0.284. The van der Waals surface area contributed by atoms with Gasteiger partial charge in [0.25, 0.3) is 0 Å². The first kappa shape index (κ1) is 25.8. The van der Waals surface area contributed by atoms with E-state index in [-0.39, 0.29) is 11.5 Å². The van der Waals surface area contributed by atoms with Gasteiger partial charge in [-0.2, -0.15) is 0 Å². The summed E-state index contributed by atoms with van der Waals surface area (Å²) >= 11 is 0. The summed E-state index contributed by atoms with van der Waals surface area (Å²) in [6, 6.07) is 16.4. The van der Waals surface area contributed by atoms with Crippen LogP contribution < -0.4 is 5.32 Å². The molecule has 0 saturated heterocycles. The van der Waals surface area contributed by atoms with Crippen molar-refractivity contribution in [1.29, 1.82) is 0 Å². The average molecular weight is 486 g/mol. The number of benzene rings is 3. The number of allylic oxidation sites excluding steroid dienone is 2. The molecule has 1 amide bonds. The Kier molecular flexibility index (Phi) is 8.67. The molecule has 0 aromatic heterocycles. The van der Waals surface area contributed by atoms with Gasteiger partial charge in [-0.05, 0) is 71.3 Å². The van der Waals surface area contributed by atoms with E-state index < -0.39 is 35.3 Å². The lowest BCUT2D eigenvalue weighted by Gasteiger charge is -2.25. The minimum Gasteiger partial charge on any atom is -0.508 e. The number of carbonyl (C=O) groups is 3. The summed E-state index contributed by atoms with van der Waals surface area (Å²) in [5.74, 6) is -3.77. The molecule has 3 aromatic rings. The highest BCUT2D eigenvalue weighted by molar-refractivity contribution is 6.14. The summed E-state index contributed by atoms with van der Waals surface area (Å²) in [6.07, 6.45) is 6.27. The van der Waals surface area contributed by atoms with E-state index >= 15 is 0 Å². The fourth-order valence-corrected chi connectivity index (χ4v) is 3.53. The fraction of sp³-hybridized carbons (Fsp3) is 0.0690. The van der Waals surface area contributed by atoms with Crippen LogP contribution in [-0.2, 0) is 14.4 Å². The molecule has 0 aliphatic rings. The molecule has 1 unspecified atom stereocenters. The molecule has 3 aromatic carbocycles. The van der Waals surface area contributed by atoms with Gasteiger partial charge >= 0.3 is 0 Å². The third kappa shape index (κ3) is 7.11. The number of rotatable bonds is 10. The van der Waals surface area contributed by atoms with Crippen LogP contribution in [0.25, 0.3) is 12.2 Å². The fourth-order valence-electron chi connectivity index (χ4n) is 3.53. The molecule has 0 fully saturated rings. The minimum atomic E-state index is -1.40. The molecule has 7 heteroatoms. The van der Waals surface area contributed by atoms with Gasteiger partial charge in [-0.1, -0.05) is 55.1 Å². The zero-order chi connectivity index (χ0) is 26.1. The van der Waals surface area contributed by atoms with Crippen molar-refractivity contribution in [3.05, 3.63) is 120 Å². The number of phenols is 2. The number of carbonyl (C=O) groups excluding carboxylic acids is 3. The summed E-state index contributed by atoms with van der Waals surface area (Å²) in [4.78, 5) is 39.0. The number of hydrogen-bond donors (Lipinski definition) is 3. The number of halogens is 1. The first-order chi connectivity index (χ1) is 17.3. The lowest BCUT2D eigenvalue weighted by atomic mass is 9.85. The summed E-state index contributed by atoms with van der Waals surface area (Å²) < 4.78 is 13.6. The molecule has 3 N–H and O–H groups in total.